The number of hydrogen-bond donors (Lipinski definition) is 0. The molecule has 0 aliphatic heterocycles. The maximum absolute atomic E-state index is 12.8. The average Bonchev–Trinajstić information content (AvgIpc) is 2.48. The second-order valence-corrected chi connectivity index (χ2v) is 5.75. The Morgan fingerprint density at radius 3 is 2.19 bits per heavy atom. The molecule has 0 saturated carbocycles. The Bertz CT molecular complexity index is 859. The van der Waals surface area contributed by atoms with Gasteiger partial charge in [0.1, 0.15) is 0 Å². The van der Waals surface area contributed by atoms with E-state index in [0.29, 0.717) is 5.92 Å². The summed E-state index contributed by atoms with van der Waals surface area (Å²) in [4.78, 5) is 12.8. The summed E-state index contributed by atoms with van der Waals surface area (Å²) in [6, 6.07) is 15.9. The number of pyridine rings is 1. The van der Waals surface area contributed by atoms with Crippen molar-refractivity contribution >= 4 is 10.8 Å². The van der Waals surface area contributed by atoms with Crippen LogP contribution in [-0.4, -0.2) is 4.57 Å². The molecule has 0 amide bonds. The molecule has 21 heavy (non-hydrogen) atoms. The second kappa shape index (κ2) is 5.21. The lowest BCUT2D eigenvalue weighted by atomic mass is 9.98. The van der Waals surface area contributed by atoms with E-state index in [0.717, 1.165) is 22.0 Å². The molecule has 0 atom stereocenters. The zero-order valence-electron chi connectivity index (χ0n) is 12.6. The van der Waals surface area contributed by atoms with Crippen LogP contribution in [0, 0.1) is 6.92 Å². The zero-order valence-corrected chi connectivity index (χ0v) is 12.6. The molecule has 106 valence electrons. The van der Waals surface area contributed by atoms with Crippen LogP contribution in [0.5, 0.6) is 0 Å². The lowest BCUT2D eigenvalue weighted by Gasteiger charge is -2.16. The zero-order chi connectivity index (χ0) is 15.0. The first-order valence-corrected chi connectivity index (χ1v) is 7.30. The van der Waals surface area contributed by atoms with Crippen molar-refractivity contribution in [2.45, 2.75) is 26.7 Å². The average molecular weight is 277 g/mol. The molecule has 0 N–H and O–H groups in total. The molecule has 0 spiro atoms. The van der Waals surface area contributed by atoms with Crippen LogP contribution in [0.1, 0.15) is 30.9 Å². The minimum atomic E-state index is 0.0456. The van der Waals surface area contributed by atoms with Crippen LogP contribution in [-0.2, 0) is 0 Å². The van der Waals surface area contributed by atoms with Gasteiger partial charge in [-0.25, -0.2) is 0 Å². The Kier molecular flexibility index (Phi) is 3.38. The fraction of sp³-hybridized carbons (Fsp3) is 0.211. The molecule has 0 unspecified atom stereocenters. The normalized spacial score (nSPS) is 11.2. The van der Waals surface area contributed by atoms with Gasteiger partial charge in [-0.1, -0.05) is 50.2 Å². The predicted octanol–water partition coefficient (Wildman–Crippen LogP) is 4.42. The fourth-order valence-corrected chi connectivity index (χ4v) is 2.79. The Morgan fingerprint density at radius 2 is 1.52 bits per heavy atom. The summed E-state index contributed by atoms with van der Waals surface area (Å²) in [6.07, 6.45) is 2.00. The van der Waals surface area contributed by atoms with Crippen molar-refractivity contribution in [2.75, 3.05) is 0 Å². The van der Waals surface area contributed by atoms with E-state index in [2.05, 4.69) is 13.8 Å². The molecule has 0 fully saturated rings. The summed E-state index contributed by atoms with van der Waals surface area (Å²) in [6.45, 7) is 6.36. The number of benzene rings is 2. The molecule has 0 aliphatic carbocycles. The van der Waals surface area contributed by atoms with E-state index in [4.69, 9.17) is 0 Å². The highest BCUT2D eigenvalue weighted by Gasteiger charge is 2.12. The van der Waals surface area contributed by atoms with Gasteiger partial charge in [-0.2, -0.15) is 0 Å². The first-order chi connectivity index (χ1) is 10.1. The van der Waals surface area contributed by atoms with Crippen LogP contribution in [0.2, 0.25) is 0 Å². The largest absolute Gasteiger partial charge is 0.283 e. The van der Waals surface area contributed by atoms with E-state index in [-0.39, 0.29) is 5.56 Å². The van der Waals surface area contributed by atoms with E-state index in [9.17, 15) is 4.79 Å². The van der Waals surface area contributed by atoms with Gasteiger partial charge in [-0.05, 0) is 41.5 Å². The van der Waals surface area contributed by atoms with Gasteiger partial charge in [0, 0.05) is 11.6 Å². The van der Waals surface area contributed by atoms with E-state index >= 15 is 0 Å². The third-order valence-corrected chi connectivity index (χ3v) is 3.95. The van der Waals surface area contributed by atoms with E-state index in [1.54, 1.807) is 4.57 Å². The first-order valence-electron chi connectivity index (χ1n) is 7.30. The van der Waals surface area contributed by atoms with Gasteiger partial charge in [0.05, 0.1) is 5.69 Å². The molecule has 2 heteroatoms. The molecule has 2 nitrogen and oxygen atoms in total. The number of nitrogens with zero attached hydrogens (tertiary/aromatic N) is 1. The molecular weight excluding hydrogens is 258 g/mol. The minimum Gasteiger partial charge on any atom is -0.283 e. The van der Waals surface area contributed by atoms with Crippen molar-refractivity contribution < 1.29 is 0 Å². The number of aryl methyl sites for hydroxylation is 1. The summed E-state index contributed by atoms with van der Waals surface area (Å²) in [5, 5.41) is 1.84. The second-order valence-electron chi connectivity index (χ2n) is 5.75. The smallest absolute Gasteiger partial charge is 0.262 e. The van der Waals surface area contributed by atoms with Crippen LogP contribution in [0.3, 0.4) is 0 Å². The molecule has 3 aromatic rings. The van der Waals surface area contributed by atoms with Crippen LogP contribution < -0.4 is 5.56 Å². The molecule has 1 aromatic heterocycles. The van der Waals surface area contributed by atoms with Gasteiger partial charge in [0.2, 0.25) is 0 Å². The Morgan fingerprint density at radius 1 is 0.905 bits per heavy atom. The van der Waals surface area contributed by atoms with Crippen LogP contribution in [0.15, 0.2) is 59.5 Å². The van der Waals surface area contributed by atoms with E-state index < -0.39 is 0 Å². The lowest BCUT2D eigenvalue weighted by molar-refractivity contribution is 0.847. The van der Waals surface area contributed by atoms with Gasteiger partial charge in [0.25, 0.3) is 5.56 Å². The quantitative estimate of drug-likeness (QED) is 0.679. The Balaban J connectivity index is 2.43. The topological polar surface area (TPSA) is 22.0 Å². The van der Waals surface area contributed by atoms with Crippen molar-refractivity contribution in [3.63, 3.8) is 0 Å². The number of fused-ring (bicyclic) bond motifs is 1. The van der Waals surface area contributed by atoms with E-state index in [1.165, 1.54) is 5.56 Å². The Hall–Kier alpha value is -2.35. The molecule has 0 radical (unpaired) electrons. The highest BCUT2D eigenvalue weighted by atomic mass is 16.1. The minimum absolute atomic E-state index is 0.0456. The first kappa shape index (κ1) is 13.6. The third-order valence-electron chi connectivity index (χ3n) is 3.95. The molecule has 0 aliphatic rings. The van der Waals surface area contributed by atoms with Crippen molar-refractivity contribution in [3.8, 4) is 5.69 Å². The van der Waals surface area contributed by atoms with Crippen LogP contribution in [0.4, 0.5) is 0 Å². The predicted molar refractivity (Wildman–Crippen MR) is 88.4 cm³/mol. The summed E-state index contributed by atoms with van der Waals surface area (Å²) < 4.78 is 1.78. The summed E-state index contributed by atoms with van der Waals surface area (Å²) in [7, 11) is 0. The number of aromatic nitrogens is 1. The summed E-state index contributed by atoms with van der Waals surface area (Å²) >= 11 is 0. The molecule has 0 bridgehead atoms. The van der Waals surface area contributed by atoms with E-state index in [1.807, 2.05) is 61.7 Å². The van der Waals surface area contributed by atoms with Gasteiger partial charge >= 0.3 is 0 Å². The molecule has 3 rings (SSSR count). The standard InChI is InChI=1S/C19H19NO/c1-13(2)17-12-20(18-11-7-4-8-14(18)3)19(21)16-10-6-5-9-15(16)17/h4-13H,1-3H3. The molecule has 0 saturated heterocycles. The number of rotatable bonds is 2. The number of para-hydroxylation sites is 1. The summed E-state index contributed by atoms with van der Waals surface area (Å²) in [5.41, 5.74) is 3.30. The van der Waals surface area contributed by atoms with Gasteiger partial charge in [-0.15, -0.1) is 0 Å². The van der Waals surface area contributed by atoms with Crippen molar-refractivity contribution in [3.05, 3.63) is 76.2 Å². The SMILES string of the molecule is Cc1ccccc1-n1cc(C(C)C)c2ccccc2c1=O. The van der Waals surface area contributed by atoms with Crippen LogP contribution >= 0.6 is 0 Å². The Labute approximate surface area is 124 Å². The monoisotopic (exact) mass is 277 g/mol. The molecule has 2 aromatic carbocycles. The molecule has 1 heterocycles. The van der Waals surface area contributed by atoms with Crippen molar-refractivity contribution in [2.24, 2.45) is 0 Å². The van der Waals surface area contributed by atoms with Crippen molar-refractivity contribution in [1.29, 1.82) is 0 Å². The molecular formula is C19H19NO. The van der Waals surface area contributed by atoms with Gasteiger partial charge in [-0.3, -0.25) is 9.36 Å². The van der Waals surface area contributed by atoms with Crippen LogP contribution in [0.25, 0.3) is 16.5 Å². The highest BCUT2D eigenvalue weighted by Crippen LogP contribution is 2.24. The van der Waals surface area contributed by atoms with Gasteiger partial charge < -0.3 is 0 Å². The van der Waals surface area contributed by atoms with Crippen molar-refractivity contribution in [1.82, 2.24) is 4.57 Å². The lowest BCUT2D eigenvalue weighted by Crippen LogP contribution is -2.20. The maximum Gasteiger partial charge on any atom is 0.262 e. The highest BCUT2D eigenvalue weighted by molar-refractivity contribution is 5.85. The maximum atomic E-state index is 12.8. The fourth-order valence-electron chi connectivity index (χ4n) is 2.79. The summed E-state index contributed by atoms with van der Waals surface area (Å²) in [5.74, 6) is 0.366. The van der Waals surface area contributed by atoms with Gasteiger partial charge in [0.15, 0.2) is 0 Å². The number of hydrogen-bond acceptors (Lipinski definition) is 1. The third kappa shape index (κ3) is 2.27.